The van der Waals surface area contributed by atoms with Crippen LogP contribution in [0.2, 0.25) is 0 Å². The third-order valence-electron chi connectivity index (χ3n) is 5.88. The Hall–Kier alpha value is -4.40. The fourth-order valence-corrected chi connectivity index (χ4v) is 4.84. The largest absolute Gasteiger partial charge is 0.481 e. The van der Waals surface area contributed by atoms with Crippen LogP contribution in [-0.2, 0) is 10.0 Å². The van der Waals surface area contributed by atoms with Gasteiger partial charge in [0.2, 0.25) is 33.6 Å². The standard InChI is InChI=1S/C23H27N9O5S/c1-13-10-25-17(11-24-13)14(2)15(3)38(33,34)31-23-30-29-20(16-8-7-9-18(28-16)35-4)32(23)19-21(36-5)26-12-27-22(19)37-6/h7-12,14-15H,1-6H3,(H,30,31). The molecule has 0 bridgehead atoms. The van der Waals surface area contributed by atoms with Crippen molar-refractivity contribution in [2.45, 2.75) is 31.9 Å². The number of hydrogen-bond donors (Lipinski definition) is 1. The van der Waals surface area contributed by atoms with Crippen LogP contribution in [0.5, 0.6) is 17.6 Å². The number of ether oxygens (including phenoxy) is 3. The second-order valence-corrected chi connectivity index (χ2v) is 10.2. The number of pyridine rings is 1. The van der Waals surface area contributed by atoms with Gasteiger partial charge in [0.05, 0.1) is 38.0 Å². The van der Waals surface area contributed by atoms with E-state index < -0.39 is 21.2 Å². The molecule has 0 saturated heterocycles. The quantitative estimate of drug-likeness (QED) is 0.311. The number of aryl methyl sites for hydroxylation is 1. The molecule has 0 aliphatic carbocycles. The van der Waals surface area contributed by atoms with Gasteiger partial charge in [-0.05, 0) is 19.9 Å². The molecule has 200 valence electrons. The lowest BCUT2D eigenvalue weighted by Crippen LogP contribution is -2.31. The third-order valence-corrected chi connectivity index (χ3v) is 7.74. The lowest BCUT2D eigenvalue weighted by atomic mass is 10.1. The zero-order valence-corrected chi connectivity index (χ0v) is 22.5. The zero-order chi connectivity index (χ0) is 27.4. The molecule has 2 atom stereocenters. The van der Waals surface area contributed by atoms with E-state index >= 15 is 0 Å². The monoisotopic (exact) mass is 541 g/mol. The number of nitrogens with one attached hydrogen (secondary N) is 1. The van der Waals surface area contributed by atoms with Gasteiger partial charge in [-0.25, -0.2) is 18.0 Å². The molecule has 4 heterocycles. The lowest BCUT2D eigenvalue weighted by molar-refractivity contribution is 0.368. The second-order valence-electron chi connectivity index (χ2n) is 8.21. The van der Waals surface area contributed by atoms with Gasteiger partial charge in [-0.2, -0.15) is 9.97 Å². The van der Waals surface area contributed by atoms with E-state index in [0.29, 0.717) is 17.3 Å². The molecule has 4 aromatic rings. The highest BCUT2D eigenvalue weighted by molar-refractivity contribution is 7.93. The Balaban J connectivity index is 1.84. The summed E-state index contributed by atoms with van der Waals surface area (Å²) in [7, 11) is 0.274. The van der Waals surface area contributed by atoms with Gasteiger partial charge in [0, 0.05) is 24.4 Å². The molecule has 38 heavy (non-hydrogen) atoms. The average molecular weight is 542 g/mol. The summed E-state index contributed by atoms with van der Waals surface area (Å²) in [5.41, 5.74) is 1.78. The molecule has 0 aliphatic rings. The molecule has 0 radical (unpaired) electrons. The van der Waals surface area contributed by atoms with Crippen molar-refractivity contribution in [3.63, 3.8) is 0 Å². The van der Waals surface area contributed by atoms with E-state index in [1.54, 1.807) is 51.4 Å². The predicted octanol–water partition coefficient (Wildman–Crippen LogP) is 2.18. The van der Waals surface area contributed by atoms with Gasteiger partial charge in [0.1, 0.15) is 12.0 Å². The SMILES string of the molecule is COc1cccc(-c2nnc(NS(=O)(=O)C(C)C(C)c3cnc(C)cn3)n2-c2c(OC)ncnc2OC)n1. The van der Waals surface area contributed by atoms with Crippen LogP contribution in [-0.4, -0.2) is 74.7 Å². The Morgan fingerprint density at radius 3 is 2.24 bits per heavy atom. The number of methoxy groups -OCH3 is 3. The van der Waals surface area contributed by atoms with Crippen molar-refractivity contribution in [1.29, 1.82) is 0 Å². The van der Waals surface area contributed by atoms with E-state index in [9.17, 15) is 8.42 Å². The molecule has 4 aromatic heterocycles. The maximum absolute atomic E-state index is 13.6. The molecule has 4 rings (SSSR count). The number of hydrogen-bond acceptors (Lipinski definition) is 12. The normalized spacial score (nSPS) is 13.0. The maximum atomic E-state index is 13.6. The summed E-state index contributed by atoms with van der Waals surface area (Å²) in [5, 5.41) is 7.44. The molecular formula is C23H27N9O5S. The molecule has 1 N–H and O–H groups in total. The fourth-order valence-electron chi connectivity index (χ4n) is 3.59. The molecule has 0 aromatic carbocycles. The number of nitrogens with zero attached hydrogens (tertiary/aromatic N) is 8. The summed E-state index contributed by atoms with van der Waals surface area (Å²) in [4.78, 5) is 21.3. The van der Waals surface area contributed by atoms with Crippen LogP contribution in [0.25, 0.3) is 17.2 Å². The van der Waals surface area contributed by atoms with Gasteiger partial charge in [0.25, 0.3) is 0 Å². The van der Waals surface area contributed by atoms with Crippen molar-refractivity contribution >= 4 is 16.0 Å². The summed E-state index contributed by atoms with van der Waals surface area (Å²) in [5.74, 6) is 0.0445. The van der Waals surface area contributed by atoms with E-state index in [4.69, 9.17) is 14.2 Å². The van der Waals surface area contributed by atoms with E-state index in [0.717, 1.165) is 5.69 Å². The summed E-state index contributed by atoms with van der Waals surface area (Å²) < 4.78 is 47.2. The Bertz CT molecular complexity index is 1500. The molecule has 0 amide bonds. The van der Waals surface area contributed by atoms with Gasteiger partial charge in [-0.3, -0.25) is 14.7 Å². The first-order chi connectivity index (χ1) is 18.2. The van der Waals surface area contributed by atoms with Crippen LogP contribution in [0.15, 0.2) is 36.9 Å². The highest BCUT2D eigenvalue weighted by Gasteiger charge is 2.32. The maximum Gasteiger partial charge on any atom is 0.245 e. The van der Waals surface area contributed by atoms with Crippen molar-refractivity contribution in [2.75, 3.05) is 26.1 Å². The predicted molar refractivity (Wildman–Crippen MR) is 137 cm³/mol. The highest BCUT2D eigenvalue weighted by Crippen LogP contribution is 2.35. The van der Waals surface area contributed by atoms with Gasteiger partial charge in [-0.15, -0.1) is 10.2 Å². The zero-order valence-electron chi connectivity index (χ0n) is 21.6. The molecule has 15 heteroatoms. The number of rotatable bonds is 10. The molecule has 2 unspecified atom stereocenters. The smallest absolute Gasteiger partial charge is 0.245 e. The first-order valence-electron chi connectivity index (χ1n) is 11.4. The van der Waals surface area contributed by atoms with Crippen LogP contribution < -0.4 is 18.9 Å². The van der Waals surface area contributed by atoms with E-state index in [-0.39, 0.29) is 29.2 Å². The van der Waals surface area contributed by atoms with Crippen LogP contribution in [0.4, 0.5) is 5.95 Å². The van der Waals surface area contributed by atoms with E-state index in [1.807, 2.05) is 0 Å². The Kier molecular flexibility index (Phi) is 7.66. The second kappa shape index (κ2) is 10.9. The first-order valence-corrected chi connectivity index (χ1v) is 12.9. The van der Waals surface area contributed by atoms with Crippen molar-refractivity contribution in [3.8, 4) is 34.8 Å². The van der Waals surface area contributed by atoms with Crippen LogP contribution in [0.1, 0.15) is 31.2 Å². The Morgan fingerprint density at radius 2 is 1.63 bits per heavy atom. The molecule has 14 nitrogen and oxygen atoms in total. The molecule has 0 spiro atoms. The van der Waals surface area contributed by atoms with Crippen molar-refractivity contribution in [1.82, 2.24) is 39.7 Å². The van der Waals surface area contributed by atoms with Crippen LogP contribution >= 0.6 is 0 Å². The topological polar surface area (TPSA) is 169 Å². The Labute approximate surface area is 219 Å². The highest BCUT2D eigenvalue weighted by atomic mass is 32.2. The lowest BCUT2D eigenvalue weighted by Gasteiger charge is -2.21. The number of aromatic nitrogens is 8. The van der Waals surface area contributed by atoms with Gasteiger partial charge in [-0.1, -0.05) is 13.0 Å². The van der Waals surface area contributed by atoms with Crippen molar-refractivity contribution in [3.05, 3.63) is 48.3 Å². The fraction of sp³-hybridized carbons (Fsp3) is 0.348. The summed E-state index contributed by atoms with van der Waals surface area (Å²) in [6.45, 7) is 5.14. The molecular weight excluding hydrogens is 514 g/mol. The van der Waals surface area contributed by atoms with E-state index in [2.05, 4.69) is 39.8 Å². The minimum Gasteiger partial charge on any atom is -0.481 e. The van der Waals surface area contributed by atoms with E-state index in [1.165, 1.54) is 32.2 Å². The minimum atomic E-state index is -4.03. The third kappa shape index (κ3) is 5.18. The Morgan fingerprint density at radius 1 is 0.921 bits per heavy atom. The van der Waals surface area contributed by atoms with Gasteiger partial charge >= 0.3 is 0 Å². The molecule has 0 saturated carbocycles. The van der Waals surface area contributed by atoms with Gasteiger partial charge in [0.15, 0.2) is 11.5 Å². The van der Waals surface area contributed by atoms with Crippen LogP contribution in [0.3, 0.4) is 0 Å². The average Bonchev–Trinajstić information content (AvgIpc) is 3.34. The minimum absolute atomic E-state index is 0.0950. The van der Waals surface area contributed by atoms with Gasteiger partial charge < -0.3 is 14.2 Å². The summed E-state index contributed by atoms with van der Waals surface area (Å²) >= 11 is 0. The number of sulfonamides is 1. The van der Waals surface area contributed by atoms with Crippen LogP contribution in [0, 0.1) is 6.92 Å². The van der Waals surface area contributed by atoms with Crippen molar-refractivity contribution in [2.24, 2.45) is 0 Å². The number of anilines is 1. The summed E-state index contributed by atoms with van der Waals surface area (Å²) in [6.07, 6.45) is 4.42. The molecule has 0 fully saturated rings. The molecule has 0 aliphatic heterocycles. The van der Waals surface area contributed by atoms with Crippen molar-refractivity contribution < 1.29 is 22.6 Å². The first kappa shape index (κ1) is 26.7. The summed E-state index contributed by atoms with van der Waals surface area (Å²) in [6, 6.07) is 5.05.